The van der Waals surface area contributed by atoms with Crippen molar-refractivity contribution in [3.05, 3.63) is 54.6 Å². The predicted molar refractivity (Wildman–Crippen MR) is 78.8 cm³/mol. The van der Waals surface area contributed by atoms with Crippen molar-refractivity contribution < 1.29 is 14.6 Å². The molecule has 0 aromatic heterocycles. The molecule has 3 nitrogen and oxygen atoms in total. The van der Waals surface area contributed by atoms with E-state index in [0.717, 1.165) is 32.3 Å². The highest BCUT2D eigenvalue weighted by Crippen LogP contribution is 2.38. The molecule has 0 bridgehead atoms. The zero-order valence-corrected chi connectivity index (χ0v) is 10.5. The molecule has 20 heavy (non-hydrogen) atoms. The van der Waals surface area contributed by atoms with Crippen LogP contribution in [-0.2, 0) is 0 Å². The highest BCUT2D eigenvalue weighted by Gasteiger charge is 2.12. The van der Waals surface area contributed by atoms with Gasteiger partial charge in [0.25, 0.3) is 0 Å². The molecule has 0 atom stereocenters. The Morgan fingerprint density at radius 1 is 0.800 bits per heavy atom. The normalized spacial score (nSPS) is 11.4. The lowest BCUT2D eigenvalue weighted by Crippen LogP contribution is -2.03. The molecule has 4 rings (SSSR count). The van der Waals surface area contributed by atoms with Crippen LogP contribution in [0, 0.1) is 0 Å². The predicted octanol–water partition coefficient (Wildman–Crippen LogP) is 4.64. The van der Waals surface area contributed by atoms with Crippen LogP contribution in [0.25, 0.3) is 32.3 Å². The van der Waals surface area contributed by atoms with Crippen molar-refractivity contribution in [1.82, 2.24) is 0 Å². The van der Waals surface area contributed by atoms with E-state index >= 15 is 0 Å². The number of carboxylic acid groups (broad SMARTS) is 1. The van der Waals surface area contributed by atoms with Gasteiger partial charge in [-0.3, -0.25) is 0 Å². The number of carbonyl (C=O) groups is 1. The first kappa shape index (κ1) is 11.1. The highest BCUT2D eigenvalue weighted by molar-refractivity contribution is 6.24. The van der Waals surface area contributed by atoms with Crippen LogP contribution in [0.2, 0.25) is 0 Å². The molecular weight excluding hydrogens is 252 g/mol. The minimum Gasteiger partial charge on any atom is -0.449 e. The topological polar surface area (TPSA) is 46.5 Å². The Morgan fingerprint density at radius 2 is 1.40 bits per heavy atom. The Balaban J connectivity index is 2.23. The van der Waals surface area contributed by atoms with Crippen molar-refractivity contribution in [2.75, 3.05) is 0 Å². The van der Waals surface area contributed by atoms with Gasteiger partial charge >= 0.3 is 6.16 Å². The van der Waals surface area contributed by atoms with E-state index in [1.54, 1.807) is 6.07 Å². The Labute approximate surface area is 114 Å². The van der Waals surface area contributed by atoms with E-state index in [4.69, 9.17) is 9.84 Å². The van der Waals surface area contributed by atoms with Gasteiger partial charge in [-0.25, -0.2) is 4.79 Å². The quantitative estimate of drug-likeness (QED) is 0.309. The molecule has 96 valence electrons. The average Bonchev–Trinajstić information content (AvgIpc) is 2.46. The summed E-state index contributed by atoms with van der Waals surface area (Å²) in [6.07, 6.45) is -1.29. The third-order valence-corrected chi connectivity index (χ3v) is 3.69. The summed E-state index contributed by atoms with van der Waals surface area (Å²) in [5.41, 5.74) is 0. The maximum absolute atomic E-state index is 10.8. The van der Waals surface area contributed by atoms with E-state index in [-0.39, 0.29) is 0 Å². The second-order valence-corrected chi connectivity index (χ2v) is 4.79. The molecule has 0 saturated heterocycles. The summed E-state index contributed by atoms with van der Waals surface area (Å²) < 4.78 is 4.89. The Bertz CT molecular complexity index is 941. The number of hydrogen-bond donors (Lipinski definition) is 1. The van der Waals surface area contributed by atoms with Crippen molar-refractivity contribution in [2.45, 2.75) is 0 Å². The van der Waals surface area contributed by atoms with E-state index in [2.05, 4.69) is 24.3 Å². The van der Waals surface area contributed by atoms with Gasteiger partial charge in [0, 0.05) is 10.8 Å². The number of hydrogen-bond acceptors (Lipinski definition) is 2. The van der Waals surface area contributed by atoms with E-state index < -0.39 is 6.16 Å². The molecular formula is C17H10O3. The fourth-order valence-corrected chi connectivity index (χ4v) is 2.89. The summed E-state index contributed by atoms with van der Waals surface area (Å²) in [7, 11) is 0. The standard InChI is InChI=1S/C17H10O3/c18-17(19)20-14-9-7-12-5-4-10-2-1-3-11-6-8-13(14)16(12)15(10)11/h1-9H,(H,18,19). The van der Waals surface area contributed by atoms with Gasteiger partial charge in [0.05, 0.1) is 0 Å². The summed E-state index contributed by atoms with van der Waals surface area (Å²) >= 11 is 0. The van der Waals surface area contributed by atoms with Crippen molar-refractivity contribution >= 4 is 38.5 Å². The van der Waals surface area contributed by atoms with Gasteiger partial charge in [-0.05, 0) is 33.7 Å². The van der Waals surface area contributed by atoms with Crippen LogP contribution < -0.4 is 4.74 Å². The summed E-state index contributed by atoms with van der Waals surface area (Å²) in [6, 6.07) is 17.8. The second-order valence-electron chi connectivity index (χ2n) is 4.79. The molecule has 0 unspecified atom stereocenters. The van der Waals surface area contributed by atoms with Gasteiger partial charge in [-0.1, -0.05) is 42.5 Å². The molecule has 0 aliphatic heterocycles. The lowest BCUT2D eigenvalue weighted by Gasteiger charge is -2.12. The summed E-state index contributed by atoms with van der Waals surface area (Å²) in [6.45, 7) is 0. The number of benzene rings is 4. The lowest BCUT2D eigenvalue weighted by atomic mass is 9.94. The zero-order chi connectivity index (χ0) is 13.7. The van der Waals surface area contributed by atoms with E-state index in [1.165, 1.54) is 0 Å². The van der Waals surface area contributed by atoms with Gasteiger partial charge in [0.2, 0.25) is 0 Å². The molecule has 0 amide bonds. The first-order valence-electron chi connectivity index (χ1n) is 6.31. The average molecular weight is 262 g/mol. The first-order chi connectivity index (χ1) is 9.74. The molecule has 0 aliphatic rings. The van der Waals surface area contributed by atoms with Gasteiger partial charge in [-0.2, -0.15) is 0 Å². The van der Waals surface area contributed by atoms with Crippen molar-refractivity contribution in [1.29, 1.82) is 0 Å². The smallest absolute Gasteiger partial charge is 0.449 e. The number of rotatable bonds is 1. The van der Waals surface area contributed by atoms with Crippen LogP contribution in [0.1, 0.15) is 0 Å². The SMILES string of the molecule is O=C(O)Oc1ccc2ccc3cccc4ccc1c2c34. The minimum absolute atomic E-state index is 0.378. The molecule has 1 N–H and O–H groups in total. The summed E-state index contributed by atoms with van der Waals surface area (Å²) in [4.78, 5) is 10.8. The molecule has 0 fully saturated rings. The van der Waals surface area contributed by atoms with E-state index in [9.17, 15) is 4.79 Å². The van der Waals surface area contributed by atoms with Crippen LogP contribution >= 0.6 is 0 Å². The maximum atomic E-state index is 10.8. The van der Waals surface area contributed by atoms with E-state index in [1.807, 2.05) is 24.3 Å². The van der Waals surface area contributed by atoms with Crippen molar-refractivity contribution in [3.8, 4) is 5.75 Å². The molecule has 3 heteroatoms. The van der Waals surface area contributed by atoms with Crippen LogP contribution in [-0.4, -0.2) is 11.3 Å². The van der Waals surface area contributed by atoms with Gasteiger partial charge in [0.15, 0.2) is 0 Å². The third kappa shape index (κ3) is 1.43. The van der Waals surface area contributed by atoms with E-state index in [0.29, 0.717) is 5.75 Å². The zero-order valence-electron chi connectivity index (χ0n) is 10.5. The molecule has 0 aliphatic carbocycles. The largest absolute Gasteiger partial charge is 0.511 e. The van der Waals surface area contributed by atoms with Gasteiger partial charge < -0.3 is 9.84 Å². The van der Waals surface area contributed by atoms with Crippen LogP contribution in [0.15, 0.2) is 54.6 Å². The summed E-state index contributed by atoms with van der Waals surface area (Å²) in [5.74, 6) is 0.378. The van der Waals surface area contributed by atoms with Crippen LogP contribution in [0.5, 0.6) is 5.75 Å². The highest BCUT2D eigenvalue weighted by atomic mass is 16.7. The van der Waals surface area contributed by atoms with Crippen molar-refractivity contribution in [2.24, 2.45) is 0 Å². The van der Waals surface area contributed by atoms with Crippen LogP contribution in [0.4, 0.5) is 4.79 Å². The Kier molecular flexibility index (Phi) is 2.12. The lowest BCUT2D eigenvalue weighted by molar-refractivity contribution is 0.145. The maximum Gasteiger partial charge on any atom is 0.511 e. The minimum atomic E-state index is -1.29. The molecule has 4 aromatic carbocycles. The van der Waals surface area contributed by atoms with Gasteiger partial charge in [0.1, 0.15) is 5.75 Å². The first-order valence-corrected chi connectivity index (χ1v) is 6.31. The van der Waals surface area contributed by atoms with Crippen molar-refractivity contribution in [3.63, 3.8) is 0 Å². The molecule has 0 saturated carbocycles. The fourth-order valence-electron chi connectivity index (χ4n) is 2.89. The monoisotopic (exact) mass is 262 g/mol. The molecule has 0 spiro atoms. The molecule has 0 radical (unpaired) electrons. The third-order valence-electron chi connectivity index (χ3n) is 3.69. The second kappa shape index (κ2) is 3.84. The summed E-state index contributed by atoms with van der Waals surface area (Å²) in [5, 5.41) is 15.3. The molecule has 0 heterocycles. The molecule has 4 aromatic rings. The van der Waals surface area contributed by atoms with Crippen LogP contribution in [0.3, 0.4) is 0 Å². The Hall–Kier alpha value is -2.81. The number of ether oxygens (including phenoxy) is 1. The fraction of sp³-hybridized carbons (Fsp3) is 0. The Morgan fingerprint density at radius 3 is 2.10 bits per heavy atom. The van der Waals surface area contributed by atoms with Gasteiger partial charge in [-0.15, -0.1) is 0 Å².